The Bertz CT molecular complexity index is 1130. The summed E-state index contributed by atoms with van der Waals surface area (Å²) in [5.41, 5.74) is 1.58. The lowest BCUT2D eigenvalue weighted by Crippen LogP contribution is -2.16. The van der Waals surface area contributed by atoms with E-state index in [9.17, 15) is 13.2 Å². The van der Waals surface area contributed by atoms with Gasteiger partial charge in [-0.3, -0.25) is 0 Å². The van der Waals surface area contributed by atoms with Gasteiger partial charge in [-0.25, -0.2) is 0 Å². The number of nitrogens with zero attached hydrogens (tertiary/aromatic N) is 1. The predicted molar refractivity (Wildman–Crippen MR) is 108 cm³/mol. The van der Waals surface area contributed by atoms with Gasteiger partial charge in [-0.2, -0.15) is 13.2 Å². The molecular weight excluding hydrogens is 367 g/mol. The fourth-order valence-electron chi connectivity index (χ4n) is 3.54. The van der Waals surface area contributed by atoms with Crippen LogP contribution in [0.15, 0.2) is 60.7 Å². The van der Waals surface area contributed by atoms with Crippen molar-refractivity contribution in [3.63, 3.8) is 0 Å². The van der Waals surface area contributed by atoms with E-state index in [0.29, 0.717) is 0 Å². The van der Waals surface area contributed by atoms with Crippen LogP contribution in [0.4, 0.5) is 24.5 Å². The SMILES string of the molecule is CCc1cccc2c1sc1c(N(C)c3ccccc3C(F)(F)F)cccc12. The minimum atomic E-state index is -4.39. The largest absolute Gasteiger partial charge is 0.418 e. The van der Waals surface area contributed by atoms with Crippen molar-refractivity contribution in [1.29, 1.82) is 0 Å². The third-order valence-electron chi connectivity index (χ3n) is 4.90. The van der Waals surface area contributed by atoms with Crippen molar-refractivity contribution in [2.75, 3.05) is 11.9 Å². The third-order valence-corrected chi connectivity index (χ3v) is 6.22. The average Bonchev–Trinajstić information content (AvgIpc) is 3.05. The fourth-order valence-corrected chi connectivity index (χ4v) is 4.97. The molecule has 3 aromatic carbocycles. The van der Waals surface area contributed by atoms with Crippen LogP contribution < -0.4 is 4.90 Å². The van der Waals surface area contributed by atoms with E-state index in [4.69, 9.17) is 0 Å². The summed E-state index contributed by atoms with van der Waals surface area (Å²) in [5.74, 6) is 0. The molecule has 0 spiro atoms. The van der Waals surface area contributed by atoms with E-state index in [-0.39, 0.29) is 5.69 Å². The van der Waals surface area contributed by atoms with Crippen LogP contribution in [0.2, 0.25) is 0 Å². The highest BCUT2D eigenvalue weighted by molar-refractivity contribution is 7.26. The molecule has 0 aliphatic carbocycles. The zero-order valence-electron chi connectivity index (χ0n) is 15.0. The fraction of sp³-hybridized carbons (Fsp3) is 0.182. The summed E-state index contributed by atoms with van der Waals surface area (Å²) in [6.07, 6.45) is -3.47. The second-order valence-electron chi connectivity index (χ2n) is 6.48. The molecule has 1 nitrogen and oxygen atoms in total. The first-order valence-electron chi connectivity index (χ1n) is 8.75. The molecule has 1 heterocycles. The Hall–Kier alpha value is -2.53. The molecule has 0 bridgehead atoms. The zero-order valence-corrected chi connectivity index (χ0v) is 15.8. The van der Waals surface area contributed by atoms with Crippen molar-refractivity contribution >= 4 is 42.9 Å². The summed E-state index contributed by atoms with van der Waals surface area (Å²) >= 11 is 1.65. The number of halogens is 3. The van der Waals surface area contributed by atoms with Crippen molar-refractivity contribution < 1.29 is 13.2 Å². The van der Waals surface area contributed by atoms with E-state index in [2.05, 4.69) is 19.1 Å². The highest BCUT2D eigenvalue weighted by atomic mass is 32.1. The molecule has 5 heteroatoms. The van der Waals surface area contributed by atoms with E-state index in [1.54, 1.807) is 29.4 Å². The first kappa shape index (κ1) is 17.9. The maximum Gasteiger partial charge on any atom is 0.418 e. The van der Waals surface area contributed by atoms with Crippen LogP contribution in [-0.4, -0.2) is 7.05 Å². The van der Waals surface area contributed by atoms with Gasteiger partial charge in [0.15, 0.2) is 0 Å². The number of para-hydroxylation sites is 1. The number of hydrogen-bond donors (Lipinski definition) is 0. The molecule has 4 rings (SSSR count). The number of anilines is 2. The van der Waals surface area contributed by atoms with Crippen LogP contribution in [0.5, 0.6) is 0 Å². The van der Waals surface area contributed by atoms with Gasteiger partial charge in [0.2, 0.25) is 0 Å². The summed E-state index contributed by atoms with van der Waals surface area (Å²) in [6, 6.07) is 17.8. The maximum absolute atomic E-state index is 13.5. The topological polar surface area (TPSA) is 3.24 Å². The van der Waals surface area contributed by atoms with Gasteiger partial charge >= 0.3 is 6.18 Å². The van der Waals surface area contributed by atoms with Crippen LogP contribution in [0.3, 0.4) is 0 Å². The smallest absolute Gasteiger partial charge is 0.343 e. The first-order chi connectivity index (χ1) is 12.9. The lowest BCUT2D eigenvalue weighted by Gasteiger charge is -2.24. The van der Waals surface area contributed by atoms with Crippen molar-refractivity contribution in [2.45, 2.75) is 19.5 Å². The molecule has 0 N–H and O–H groups in total. The van der Waals surface area contributed by atoms with Crippen molar-refractivity contribution in [3.05, 3.63) is 71.8 Å². The minimum absolute atomic E-state index is 0.158. The van der Waals surface area contributed by atoms with Gasteiger partial charge in [0.25, 0.3) is 0 Å². The highest BCUT2D eigenvalue weighted by Crippen LogP contribution is 2.44. The number of alkyl halides is 3. The highest BCUT2D eigenvalue weighted by Gasteiger charge is 2.34. The average molecular weight is 385 g/mol. The molecule has 138 valence electrons. The Morgan fingerprint density at radius 3 is 2.15 bits per heavy atom. The zero-order chi connectivity index (χ0) is 19.2. The Kier molecular flexibility index (Phi) is 4.35. The molecule has 4 aromatic rings. The molecule has 0 amide bonds. The van der Waals surface area contributed by atoms with Crippen LogP contribution in [0, 0.1) is 0 Å². The Balaban J connectivity index is 1.95. The number of aryl methyl sites for hydroxylation is 1. The van der Waals surface area contributed by atoms with Gasteiger partial charge in [0.05, 0.1) is 21.6 Å². The number of thiophene rings is 1. The molecule has 0 saturated heterocycles. The van der Waals surface area contributed by atoms with Gasteiger partial charge in [-0.1, -0.05) is 49.4 Å². The second-order valence-corrected chi connectivity index (χ2v) is 7.50. The van der Waals surface area contributed by atoms with Gasteiger partial charge in [-0.15, -0.1) is 11.3 Å². The summed E-state index contributed by atoms with van der Waals surface area (Å²) in [7, 11) is 1.70. The lowest BCUT2D eigenvalue weighted by atomic mass is 10.1. The Morgan fingerprint density at radius 2 is 1.44 bits per heavy atom. The third kappa shape index (κ3) is 2.96. The van der Waals surface area contributed by atoms with E-state index in [1.807, 2.05) is 24.3 Å². The first-order valence-corrected chi connectivity index (χ1v) is 9.56. The normalized spacial score (nSPS) is 12.0. The van der Waals surface area contributed by atoms with E-state index in [0.717, 1.165) is 33.6 Å². The van der Waals surface area contributed by atoms with Crippen molar-refractivity contribution in [3.8, 4) is 0 Å². The molecule has 0 fully saturated rings. The van der Waals surface area contributed by atoms with E-state index >= 15 is 0 Å². The standard InChI is InChI=1S/C22H18F3NS/c1-3-14-8-6-9-15-16-10-7-13-19(21(16)27-20(14)15)26(2)18-12-5-4-11-17(18)22(23,24)25/h4-13H,3H2,1-2H3. The summed E-state index contributed by atoms with van der Waals surface area (Å²) < 4.78 is 42.7. The number of fused-ring (bicyclic) bond motifs is 3. The molecule has 1 aromatic heterocycles. The van der Waals surface area contributed by atoms with Gasteiger partial charge in [0.1, 0.15) is 0 Å². The Morgan fingerprint density at radius 1 is 0.815 bits per heavy atom. The molecule has 0 atom stereocenters. The van der Waals surface area contributed by atoms with Gasteiger partial charge < -0.3 is 4.90 Å². The molecule has 0 aliphatic rings. The van der Waals surface area contributed by atoms with E-state index < -0.39 is 11.7 Å². The van der Waals surface area contributed by atoms with Crippen LogP contribution in [0.1, 0.15) is 18.1 Å². The molecule has 0 unspecified atom stereocenters. The van der Waals surface area contributed by atoms with Crippen LogP contribution in [0.25, 0.3) is 20.2 Å². The number of hydrogen-bond acceptors (Lipinski definition) is 2. The minimum Gasteiger partial charge on any atom is -0.343 e. The van der Waals surface area contributed by atoms with E-state index in [1.165, 1.54) is 22.4 Å². The van der Waals surface area contributed by atoms with Crippen LogP contribution in [-0.2, 0) is 12.6 Å². The van der Waals surface area contributed by atoms with Crippen LogP contribution >= 0.6 is 11.3 Å². The van der Waals surface area contributed by atoms with Gasteiger partial charge in [0, 0.05) is 22.5 Å². The molecule has 0 saturated carbocycles. The van der Waals surface area contributed by atoms with Gasteiger partial charge in [-0.05, 0) is 30.2 Å². The maximum atomic E-state index is 13.5. The predicted octanol–water partition coefficient (Wildman–Crippen LogP) is 7.40. The Labute approximate surface area is 159 Å². The van der Waals surface area contributed by atoms with Crippen molar-refractivity contribution in [2.24, 2.45) is 0 Å². The number of rotatable bonds is 3. The molecule has 27 heavy (non-hydrogen) atoms. The number of benzene rings is 3. The molecule has 0 aliphatic heterocycles. The molecule has 0 radical (unpaired) electrons. The molecular formula is C22H18F3NS. The monoisotopic (exact) mass is 385 g/mol. The summed E-state index contributed by atoms with van der Waals surface area (Å²) in [6.45, 7) is 2.12. The summed E-state index contributed by atoms with van der Waals surface area (Å²) in [5, 5.41) is 2.24. The lowest BCUT2D eigenvalue weighted by molar-refractivity contribution is -0.137. The quantitative estimate of drug-likeness (QED) is 0.355. The summed E-state index contributed by atoms with van der Waals surface area (Å²) in [4.78, 5) is 1.64. The van der Waals surface area contributed by atoms with Crippen molar-refractivity contribution in [1.82, 2.24) is 0 Å². The second kappa shape index (κ2) is 6.57.